The van der Waals surface area contributed by atoms with Crippen LogP contribution in [0.5, 0.6) is 11.5 Å². The maximum absolute atomic E-state index is 13.6. The quantitative estimate of drug-likeness (QED) is 0.428. The van der Waals surface area contributed by atoms with Crippen molar-refractivity contribution in [1.29, 1.82) is 0 Å². The number of halogens is 2. The first-order valence-electron chi connectivity index (χ1n) is 10.8. The molecule has 0 saturated carbocycles. The van der Waals surface area contributed by atoms with E-state index in [0.29, 0.717) is 40.0 Å². The minimum Gasteiger partial charge on any atom is -0.454 e. The van der Waals surface area contributed by atoms with Crippen molar-refractivity contribution in [2.45, 2.75) is 24.8 Å². The minimum atomic E-state index is -0.420. The van der Waals surface area contributed by atoms with Crippen LogP contribution < -0.4 is 20.1 Å². The predicted octanol–water partition coefficient (Wildman–Crippen LogP) is 6.70. The summed E-state index contributed by atoms with van der Waals surface area (Å²) < 4.78 is 11.1. The lowest BCUT2D eigenvalue weighted by Gasteiger charge is -2.30. The predicted molar refractivity (Wildman–Crippen MR) is 129 cm³/mol. The molecule has 6 rings (SSSR count). The highest BCUT2D eigenvalue weighted by molar-refractivity contribution is 6.32. The first-order chi connectivity index (χ1) is 16.1. The van der Waals surface area contributed by atoms with E-state index in [0.717, 1.165) is 28.2 Å². The smallest absolute Gasteiger partial charge is 0.231 e. The van der Waals surface area contributed by atoms with Crippen molar-refractivity contribution >= 4 is 40.4 Å². The molecule has 33 heavy (non-hydrogen) atoms. The van der Waals surface area contributed by atoms with E-state index in [2.05, 4.69) is 10.6 Å². The molecule has 166 valence electrons. The second kappa shape index (κ2) is 8.01. The molecule has 0 amide bonds. The lowest BCUT2D eigenvalue weighted by molar-refractivity contribution is -0.116. The normalized spacial score (nSPS) is 21.0. The summed E-state index contributed by atoms with van der Waals surface area (Å²) in [7, 11) is 0. The van der Waals surface area contributed by atoms with Gasteiger partial charge in [-0.3, -0.25) is 4.79 Å². The number of hydrogen-bond donors (Lipinski definition) is 2. The standard InChI is InChI=1S/C26H20Cl2N2O3/c27-16-7-5-14(6-8-16)15-9-21-25(22(31)10-15)26(30-20-4-2-1-3-19(20)29-21)17-11-23-24(12-18(17)28)33-13-32-23/h1-8,11-12,15,26,29-30H,9-10,13H2/t15-,26+/m1/s1. The lowest BCUT2D eigenvalue weighted by Crippen LogP contribution is -2.27. The number of allylic oxidation sites excluding steroid dienone is 1. The van der Waals surface area contributed by atoms with E-state index < -0.39 is 6.04 Å². The van der Waals surface area contributed by atoms with Crippen LogP contribution in [-0.4, -0.2) is 12.6 Å². The van der Waals surface area contributed by atoms with Crippen molar-refractivity contribution < 1.29 is 14.3 Å². The van der Waals surface area contributed by atoms with Gasteiger partial charge in [0.05, 0.1) is 22.4 Å². The van der Waals surface area contributed by atoms with Gasteiger partial charge >= 0.3 is 0 Å². The van der Waals surface area contributed by atoms with Crippen LogP contribution in [0.2, 0.25) is 10.0 Å². The Hall–Kier alpha value is -3.15. The van der Waals surface area contributed by atoms with Crippen LogP contribution in [0.25, 0.3) is 0 Å². The molecule has 2 atom stereocenters. The average Bonchev–Trinajstić information content (AvgIpc) is 3.18. The van der Waals surface area contributed by atoms with E-state index >= 15 is 0 Å². The van der Waals surface area contributed by atoms with Gasteiger partial charge in [0.2, 0.25) is 6.79 Å². The zero-order valence-corrected chi connectivity index (χ0v) is 19.0. The number of para-hydroxylation sites is 2. The second-order valence-corrected chi connectivity index (χ2v) is 9.29. The third-order valence-corrected chi connectivity index (χ3v) is 7.03. The summed E-state index contributed by atoms with van der Waals surface area (Å²) in [6, 6.07) is 18.9. The van der Waals surface area contributed by atoms with E-state index in [1.54, 1.807) is 6.07 Å². The van der Waals surface area contributed by atoms with Gasteiger partial charge in [0.1, 0.15) is 0 Å². The van der Waals surface area contributed by atoms with Crippen LogP contribution in [0.3, 0.4) is 0 Å². The van der Waals surface area contributed by atoms with Crippen molar-refractivity contribution in [2.75, 3.05) is 17.4 Å². The van der Waals surface area contributed by atoms with E-state index in [1.165, 1.54) is 0 Å². The number of carbonyl (C=O) groups is 1. The topological polar surface area (TPSA) is 59.6 Å². The zero-order chi connectivity index (χ0) is 22.5. The van der Waals surface area contributed by atoms with Gasteiger partial charge in [0, 0.05) is 34.3 Å². The number of fused-ring (bicyclic) bond motifs is 2. The molecule has 0 spiro atoms. The molecule has 3 aromatic rings. The molecule has 2 N–H and O–H groups in total. The summed E-state index contributed by atoms with van der Waals surface area (Å²) in [5.41, 5.74) is 5.32. The summed E-state index contributed by atoms with van der Waals surface area (Å²) in [5.74, 6) is 1.40. The molecule has 0 bridgehead atoms. The van der Waals surface area contributed by atoms with Gasteiger partial charge < -0.3 is 20.1 Å². The van der Waals surface area contributed by atoms with Crippen molar-refractivity contribution in [3.05, 3.63) is 93.1 Å². The van der Waals surface area contributed by atoms with Crippen molar-refractivity contribution in [1.82, 2.24) is 0 Å². The molecular formula is C26H20Cl2N2O3. The highest BCUT2D eigenvalue weighted by atomic mass is 35.5. The zero-order valence-electron chi connectivity index (χ0n) is 17.5. The molecule has 1 aliphatic carbocycles. The Morgan fingerprint density at radius 3 is 2.39 bits per heavy atom. The highest BCUT2D eigenvalue weighted by Crippen LogP contribution is 2.47. The third kappa shape index (κ3) is 3.62. The average molecular weight is 479 g/mol. The molecule has 2 heterocycles. The number of carbonyl (C=O) groups excluding carboxylic acids is 1. The molecule has 5 nitrogen and oxygen atoms in total. The summed E-state index contributed by atoms with van der Waals surface area (Å²) in [4.78, 5) is 13.6. The fourth-order valence-electron chi connectivity index (χ4n) is 4.85. The number of ketones is 1. The Labute approximate surface area is 201 Å². The van der Waals surface area contributed by atoms with Gasteiger partial charge in [0.15, 0.2) is 17.3 Å². The number of ether oxygens (including phenoxy) is 2. The number of nitrogens with one attached hydrogen (secondary N) is 2. The molecule has 3 aliphatic rings. The van der Waals surface area contributed by atoms with Gasteiger partial charge in [-0.15, -0.1) is 0 Å². The monoisotopic (exact) mass is 478 g/mol. The molecule has 2 aliphatic heterocycles. The second-order valence-electron chi connectivity index (χ2n) is 8.45. The van der Waals surface area contributed by atoms with E-state index in [9.17, 15) is 4.79 Å². The van der Waals surface area contributed by atoms with Crippen LogP contribution in [-0.2, 0) is 4.79 Å². The van der Waals surface area contributed by atoms with E-state index in [4.69, 9.17) is 32.7 Å². The molecular weight excluding hydrogens is 459 g/mol. The number of hydrogen-bond acceptors (Lipinski definition) is 5. The van der Waals surface area contributed by atoms with E-state index in [1.807, 2.05) is 54.6 Å². The van der Waals surface area contributed by atoms with Crippen molar-refractivity contribution in [3.8, 4) is 11.5 Å². The lowest BCUT2D eigenvalue weighted by atomic mass is 9.78. The Bertz CT molecular complexity index is 1300. The number of benzene rings is 3. The molecule has 3 aromatic carbocycles. The van der Waals surface area contributed by atoms with Crippen LogP contribution in [0.1, 0.15) is 35.9 Å². The molecule has 0 saturated heterocycles. The summed E-state index contributed by atoms with van der Waals surface area (Å²) in [5, 5.41) is 8.31. The first kappa shape index (κ1) is 20.5. The third-order valence-electron chi connectivity index (χ3n) is 6.45. The maximum atomic E-state index is 13.6. The van der Waals surface area contributed by atoms with Gasteiger partial charge in [-0.25, -0.2) is 0 Å². The van der Waals surface area contributed by atoms with Gasteiger partial charge in [0.25, 0.3) is 0 Å². The number of Topliss-reactive ketones (excluding diaryl/α,β-unsaturated/α-hetero) is 1. The van der Waals surface area contributed by atoms with Gasteiger partial charge in [-0.2, -0.15) is 0 Å². The van der Waals surface area contributed by atoms with Crippen molar-refractivity contribution in [2.24, 2.45) is 0 Å². The first-order valence-corrected chi connectivity index (χ1v) is 11.6. The van der Waals surface area contributed by atoms with Crippen LogP contribution in [0.4, 0.5) is 11.4 Å². The summed E-state index contributed by atoms with van der Waals surface area (Å²) in [6.07, 6.45) is 1.12. The highest BCUT2D eigenvalue weighted by Gasteiger charge is 2.37. The Morgan fingerprint density at radius 1 is 0.879 bits per heavy atom. The number of rotatable bonds is 2. The van der Waals surface area contributed by atoms with Crippen LogP contribution in [0.15, 0.2) is 71.9 Å². The fourth-order valence-corrected chi connectivity index (χ4v) is 5.24. The molecule has 0 unspecified atom stereocenters. The van der Waals surface area contributed by atoms with Gasteiger partial charge in [-0.1, -0.05) is 47.5 Å². The van der Waals surface area contributed by atoms with Gasteiger partial charge in [-0.05, 0) is 48.2 Å². The van der Waals surface area contributed by atoms with Crippen LogP contribution >= 0.6 is 23.2 Å². The van der Waals surface area contributed by atoms with Crippen LogP contribution in [0, 0.1) is 0 Å². The molecule has 7 heteroatoms. The Kier molecular flexibility index (Phi) is 4.97. The van der Waals surface area contributed by atoms with Crippen molar-refractivity contribution in [3.63, 3.8) is 0 Å². The summed E-state index contributed by atoms with van der Waals surface area (Å²) >= 11 is 12.8. The number of anilines is 2. The SMILES string of the molecule is O=C1C[C@H](c2ccc(Cl)cc2)CC2=C1[C@H](c1cc3c(cc1Cl)OCO3)Nc1ccccc1N2. The minimum absolute atomic E-state index is 0.0687. The summed E-state index contributed by atoms with van der Waals surface area (Å²) in [6.45, 7) is 0.160. The molecule has 0 aromatic heterocycles. The fraction of sp³-hybridized carbons (Fsp3) is 0.192. The Morgan fingerprint density at radius 2 is 1.61 bits per heavy atom. The molecule has 0 radical (unpaired) electrons. The Balaban J connectivity index is 1.47. The maximum Gasteiger partial charge on any atom is 0.231 e. The van der Waals surface area contributed by atoms with E-state index in [-0.39, 0.29) is 18.5 Å². The largest absolute Gasteiger partial charge is 0.454 e. The molecule has 0 fully saturated rings.